The zero-order chi connectivity index (χ0) is 15.7. The van der Waals surface area contributed by atoms with Crippen LogP contribution in [0.4, 0.5) is 30.4 Å². The Kier molecular flexibility index (Phi) is 3.32. The Labute approximate surface area is 123 Å². The molecule has 0 aliphatic heterocycles. The molecule has 0 atom stereocenters. The third kappa shape index (κ3) is 2.78. The molecule has 2 aromatic carbocycles. The summed E-state index contributed by atoms with van der Waals surface area (Å²) in [5.41, 5.74) is 6.79. The van der Waals surface area contributed by atoms with Gasteiger partial charge in [-0.05, 0) is 42.5 Å². The van der Waals surface area contributed by atoms with Crippen molar-refractivity contribution in [2.75, 3.05) is 11.1 Å². The predicted octanol–water partition coefficient (Wildman–Crippen LogP) is 3.97. The summed E-state index contributed by atoms with van der Waals surface area (Å²) in [6, 6.07) is 9.91. The molecule has 0 aliphatic rings. The van der Waals surface area contributed by atoms with Crippen molar-refractivity contribution in [2.24, 2.45) is 0 Å². The topological polar surface area (TPSA) is 63.8 Å². The van der Waals surface area contributed by atoms with Crippen molar-refractivity contribution in [3.63, 3.8) is 0 Å². The molecule has 0 bridgehead atoms. The van der Waals surface area contributed by atoms with Crippen LogP contribution in [-0.4, -0.2) is 9.97 Å². The van der Waals surface area contributed by atoms with Gasteiger partial charge in [0.2, 0.25) is 0 Å². The van der Waals surface area contributed by atoms with Gasteiger partial charge in [-0.2, -0.15) is 13.2 Å². The highest BCUT2D eigenvalue weighted by Crippen LogP contribution is 2.31. The van der Waals surface area contributed by atoms with Crippen LogP contribution >= 0.6 is 0 Å². The second-order valence-corrected chi connectivity index (χ2v) is 4.70. The Morgan fingerprint density at radius 2 is 1.68 bits per heavy atom. The van der Waals surface area contributed by atoms with Gasteiger partial charge >= 0.3 is 6.18 Å². The number of rotatable bonds is 2. The number of benzene rings is 2. The second kappa shape index (κ2) is 5.18. The first-order valence-corrected chi connectivity index (χ1v) is 6.38. The van der Waals surface area contributed by atoms with Crippen molar-refractivity contribution in [1.82, 2.24) is 9.97 Å². The molecule has 3 rings (SSSR count). The number of anilines is 3. The number of nitrogens with two attached hydrogens (primary N) is 1. The van der Waals surface area contributed by atoms with Crippen LogP contribution < -0.4 is 11.1 Å². The molecular formula is C15H11F3N4. The molecule has 3 aromatic rings. The highest BCUT2D eigenvalue weighted by atomic mass is 19.4. The predicted molar refractivity (Wildman–Crippen MR) is 78.7 cm³/mol. The van der Waals surface area contributed by atoms with Crippen molar-refractivity contribution < 1.29 is 13.2 Å². The van der Waals surface area contributed by atoms with Crippen LogP contribution in [0, 0.1) is 0 Å². The SMILES string of the molecule is Nc1ccc2ncnc(Nc3ccc(C(F)(F)F)cc3)c2c1. The first-order valence-electron chi connectivity index (χ1n) is 6.38. The minimum Gasteiger partial charge on any atom is -0.399 e. The number of hydrogen-bond acceptors (Lipinski definition) is 4. The molecule has 3 N–H and O–H groups in total. The molecule has 4 nitrogen and oxygen atoms in total. The van der Waals surface area contributed by atoms with Gasteiger partial charge < -0.3 is 11.1 Å². The number of aromatic nitrogens is 2. The minimum atomic E-state index is -4.35. The van der Waals surface area contributed by atoms with Crippen LogP contribution in [0.15, 0.2) is 48.8 Å². The number of nitrogens with one attached hydrogen (secondary N) is 1. The molecule has 0 saturated carbocycles. The Hall–Kier alpha value is -2.83. The lowest BCUT2D eigenvalue weighted by Crippen LogP contribution is -2.04. The fraction of sp³-hybridized carbons (Fsp3) is 0.0667. The van der Waals surface area contributed by atoms with Crippen molar-refractivity contribution in [2.45, 2.75) is 6.18 Å². The molecule has 0 spiro atoms. The van der Waals surface area contributed by atoms with Gasteiger partial charge in [-0.1, -0.05) is 0 Å². The number of hydrogen-bond donors (Lipinski definition) is 2. The number of halogens is 3. The highest BCUT2D eigenvalue weighted by molar-refractivity contribution is 5.92. The maximum atomic E-state index is 12.5. The summed E-state index contributed by atoms with van der Waals surface area (Å²) in [5.74, 6) is 0.483. The van der Waals surface area contributed by atoms with Gasteiger partial charge in [0, 0.05) is 16.8 Å². The monoisotopic (exact) mass is 304 g/mol. The van der Waals surface area contributed by atoms with E-state index < -0.39 is 11.7 Å². The first kappa shape index (κ1) is 14.1. The molecule has 0 fully saturated rings. The zero-order valence-electron chi connectivity index (χ0n) is 11.2. The molecule has 0 aliphatic carbocycles. The molecule has 1 heterocycles. The number of nitrogen functional groups attached to an aromatic ring is 1. The summed E-state index contributed by atoms with van der Waals surface area (Å²) in [6.07, 6.45) is -2.97. The standard InChI is InChI=1S/C15H11F3N4/c16-15(17,18)9-1-4-11(5-2-9)22-14-12-7-10(19)3-6-13(12)20-8-21-14/h1-8H,19H2,(H,20,21,22). The van der Waals surface area contributed by atoms with E-state index in [4.69, 9.17) is 5.73 Å². The first-order chi connectivity index (χ1) is 10.4. The molecular weight excluding hydrogens is 293 g/mol. The van der Waals surface area contributed by atoms with E-state index in [-0.39, 0.29) is 0 Å². The highest BCUT2D eigenvalue weighted by Gasteiger charge is 2.29. The van der Waals surface area contributed by atoms with E-state index in [1.165, 1.54) is 18.5 Å². The van der Waals surface area contributed by atoms with E-state index in [2.05, 4.69) is 15.3 Å². The van der Waals surface area contributed by atoms with Crippen LogP contribution in [0.2, 0.25) is 0 Å². The molecule has 0 saturated heterocycles. The van der Waals surface area contributed by atoms with Gasteiger partial charge in [0.05, 0.1) is 11.1 Å². The summed E-state index contributed by atoms with van der Waals surface area (Å²) in [7, 11) is 0. The summed E-state index contributed by atoms with van der Waals surface area (Å²) >= 11 is 0. The zero-order valence-corrected chi connectivity index (χ0v) is 11.2. The lowest BCUT2D eigenvalue weighted by atomic mass is 10.2. The quantitative estimate of drug-likeness (QED) is 0.703. The Bertz CT molecular complexity index is 813. The average molecular weight is 304 g/mol. The van der Waals surface area contributed by atoms with Gasteiger partial charge in [0.1, 0.15) is 12.1 Å². The van der Waals surface area contributed by atoms with Crippen LogP contribution in [0.1, 0.15) is 5.56 Å². The van der Waals surface area contributed by atoms with E-state index in [1.807, 2.05) is 0 Å². The number of nitrogens with zero attached hydrogens (tertiary/aromatic N) is 2. The summed E-state index contributed by atoms with van der Waals surface area (Å²) in [4.78, 5) is 8.23. The summed E-state index contributed by atoms with van der Waals surface area (Å²) < 4.78 is 37.6. The van der Waals surface area contributed by atoms with Crippen molar-refractivity contribution >= 4 is 28.1 Å². The molecule has 112 valence electrons. The van der Waals surface area contributed by atoms with Crippen LogP contribution in [0.5, 0.6) is 0 Å². The van der Waals surface area contributed by atoms with Crippen molar-refractivity contribution in [3.05, 3.63) is 54.4 Å². The molecule has 0 unspecified atom stereocenters. The van der Waals surface area contributed by atoms with Gasteiger partial charge in [0.25, 0.3) is 0 Å². The maximum Gasteiger partial charge on any atom is 0.416 e. The molecule has 7 heteroatoms. The van der Waals surface area contributed by atoms with Crippen LogP contribution in [0.25, 0.3) is 10.9 Å². The fourth-order valence-corrected chi connectivity index (χ4v) is 2.05. The van der Waals surface area contributed by atoms with Gasteiger partial charge in [-0.3, -0.25) is 0 Å². The van der Waals surface area contributed by atoms with E-state index in [9.17, 15) is 13.2 Å². The maximum absolute atomic E-state index is 12.5. The van der Waals surface area contributed by atoms with Gasteiger partial charge in [-0.25, -0.2) is 9.97 Å². The normalized spacial score (nSPS) is 11.6. The lowest BCUT2D eigenvalue weighted by molar-refractivity contribution is -0.137. The smallest absolute Gasteiger partial charge is 0.399 e. The fourth-order valence-electron chi connectivity index (χ4n) is 2.05. The number of alkyl halides is 3. The largest absolute Gasteiger partial charge is 0.416 e. The van der Waals surface area contributed by atoms with E-state index in [1.54, 1.807) is 18.2 Å². The lowest BCUT2D eigenvalue weighted by Gasteiger charge is -2.10. The van der Waals surface area contributed by atoms with Crippen molar-refractivity contribution in [1.29, 1.82) is 0 Å². The molecule has 0 radical (unpaired) electrons. The third-order valence-electron chi connectivity index (χ3n) is 3.13. The minimum absolute atomic E-state index is 0.483. The van der Waals surface area contributed by atoms with Crippen LogP contribution in [0.3, 0.4) is 0 Å². The van der Waals surface area contributed by atoms with E-state index in [0.717, 1.165) is 12.1 Å². The Balaban J connectivity index is 1.95. The van der Waals surface area contributed by atoms with Gasteiger partial charge in [-0.15, -0.1) is 0 Å². The molecule has 1 aromatic heterocycles. The Morgan fingerprint density at radius 1 is 0.955 bits per heavy atom. The summed E-state index contributed by atoms with van der Waals surface area (Å²) in [6.45, 7) is 0. The third-order valence-corrected chi connectivity index (χ3v) is 3.13. The average Bonchev–Trinajstić information content (AvgIpc) is 2.47. The van der Waals surface area contributed by atoms with Gasteiger partial charge in [0.15, 0.2) is 0 Å². The van der Waals surface area contributed by atoms with E-state index >= 15 is 0 Å². The summed E-state index contributed by atoms with van der Waals surface area (Å²) in [5, 5.41) is 3.68. The molecule has 22 heavy (non-hydrogen) atoms. The Morgan fingerprint density at radius 3 is 2.36 bits per heavy atom. The van der Waals surface area contributed by atoms with E-state index in [0.29, 0.717) is 28.1 Å². The van der Waals surface area contributed by atoms with Crippen molar-refractivity contribution in [3.8, 4) is 0 Å². The number of fused-ring (bicyclic) bond motifs is 1. The molecule has 0 amide bonds. The second-order valence-electron chi connectivity index (χ2n) is 4.70. The van der Waals surface area contributed by atoms with Crippen LogP contribution in [-0.2, 0) is 6.18 Å².